The highest BCUT2D eigenvalue weighted by molar-refractivity contribution is 7.10. The molecule has 0 bridgehead atoms. The molecular weight excluding hydrogens is 166 g/mol. The molecule has 0 amide bonds. The van der Waals surface area contributed by atoms with Crippen LogP contribution in [0.4, 0.5) is 0 Å². The van der Waals surface area contributed by atoms with Crippen LogP contribution in [0.5, 0.6) is 0 Å². The van der Waals surface area contributed by atoms with Crippen molar-refractivity contribution in [2.75, 3.05) is 0 Å². The predicted octanol–water partition coefficient (Wildman–Crippen LogP) is 2.72. The summed E-state index contributed by atoms with van der Waals surface area (Å²) in [6, 6.07) is 2.47. The molecule has 0 aliphatic heterocycles. The lowest BCUT2D eigenvalue weighted by atomic mass is 9.74. The smallest absolute Gasteiger partial charge is 0.0444 e. The molecule has 2 rings (SSSR count). The Morgan fingerprint density at radius 2 is 2.33 bits per heavy atom. The molecule has 1 atom stereocenters. The molecule has 1 aliphatic carbocycles. The molecule has 0 fully saturated rings. The standard InChI is InChI=1S/C10H15NS/c1-10(2)5-3-7-4-6-12-8(7)9(10)11/h4,6,9H,3,5,11H2,1-2H3. The van der Waals surface area contributed by atoms with Crippen molar-refractivity contribution >= 4 is 11.3 Å². The maximum Gasteiger partial charge on any atom is 0.0444 e. The Kier molecular flexibility index (Phi) is 1.77. The normalized spacial score (nSPS) is 26.8. The first-order valence-corrected chi connectivity index (χ1v) is 5.31. The molecule has 0 saturated heterocycles. The zero-order valence-corrected chi connectivity index (χ0v) is 8.45. The summed E-state index contributed by atoms with van der Waals surface area (Å²) in [5, 5.41) is 2.16. The summed E-state index contributed by atoms with van der Waals surface area (Å²) < 4.78 is 0. The first-order valence-electron chi connectivity index (χ1n) is 4.43. The van der Waals surface area contributed by atoms with Crippen LogP contribution < -0.4 is 5.73 Å². The van der Waals surface area contributed by atoms with Crippen LogP contribution in [0.25, 0.3) is 0 Å². The summed E-state index contributed by atoms with van der Waals surface area (Å²) in [5.41, 5.74) is 7.95. The summed E-state index contributed by atoms with van der Waals surface area (Å²) in [4.78, 5) is 1.41. The molecule has 1 aromatic heterocycles. The molecule has 0 radical (unpaired) electrons. The van der Waals surface area contributed by atoms with Gasteiger partial charge in [-0.05, 0) is 35.3 Å². The second-order valence-corrected chi connectivity index (χ2v) is 5.22. The molecule has 1 unspecified atom stereocenters. The zero-order chi connectivity index (χ0) is 8.77. The summed E-state index contributed by atoms with van der Waals surface area (Å²) in [7, 11) is 0. The van der Waals surface area contributed by atoms with Gasteiger partial charge in [-0.1, -0.05) is 13.8 Å². The topological polar surface area (TPSA) is 26.0 Å². The monoisotopic (exact) mass is 181 g/mol. The summed E-state index contributed by atoms with van der Waals surface area (Å²) in [6.07, 6.45) is 2.43. The third-order valence-corrected chi connectivity index (χ3v) is 3.99. The van der Waals surface area contributed by atoms with E-state index in [4.69, 9.17) is 5.73 Å². The van der Waals surface area contributed by atoms with Gasteiger partial charge in [-0.25, -0.2) is 0 Å². The van der Waals surface area contributed by atoms with Gasteiger partial charge >= 0.3 is 0 Å². The van der Waals surface area contributed by atoms with Gasteiger partial charge < -0.3 is 5.73 Å². The Morgan fingerprint density at radius 1 is 1.58 bits per heavy atom. The molecule has 66 valence electrons. The molecular formula is C10H15NS. The zero-order valence-electron chi connectivity index (χ0n) is 7.63. The Morgan fingerprint density at radius 3 is 3.08 bits per heavy atom. The fourth-order valence-corrected chi connectivity index (χ4v) is 2.96. The first-order chi connectivity index (χ1) is 5.61. The van der Waals surface area contributed by atoms with Crippen molar-refractivity contribution in [2.24, 2.45) is 11.1 Å². The van der Waals surface area contributed by atoms with Crippen molar-refractivity contribution < 1.29 is 0 Å². The number of hydrogen-bond acceptors (Lipinski definition) is 2. The van der Waals surface area contributed by atoms with Gasteiger partial charge in [0.15, 0.2) is 0 Å². The summed E-state index contributed by atoms with van der Waals surface area (Å²) in [6.45, 7) is 4.53. The third-order valence-electron chi connectivity index (χ3n) is 2.94. The molecule has 1 aromatic rings. The first kappa shape index (κ1) is 8.27. The molecule has 12 heavy (non-hydrogen) atoms. The van der Waals surface area contributed by atoms with Gasteiger partial charge in [0.2, 0.25) is 0 Å². The van der Waals surface area contributed by atoms with E-state index in [9.17, 15) is 0 Å². The van der Waals surface area contributed by atoms with Crippen molar-refractivity contribution in [3.63, 3.8) is 0 Å². The van der Waals surface area contributed by atoms with E-state index in [2.05, 4.69) is 25.3 Å². The lowest BCUT2D eigenvalue weighted by Gasteiger charge is -2.35. The number of nitrogens with two attached hydrogens (primary N) is 1. The molecule has 0 saturated carbocycles. The van der Waals surface area contributed by atoms with E-state index in [-0.39, 0.29) is 11.5 Å². The van der Waals surface area contributed by atoms with E-state index in [1.807, 2.05) is 11.3 Å². The van der Waals surface area contributed by atoms with Crippen molar-refractivity contribution in [1.29, 1.82) is 0 Å². The van der Waals surface area contributed by atoms with Crippen molar-refractivity contribution in [3.05, 3.63) is 21.9 Å². The van der Waals surface area contributed by atoms with E-state index in [0.29, 0.717) is 0 Å². The van der Waals surface area contributed by atoms with Crippen LogP contribution in [0.15, 0.2) is 11.4 Å². The highest BCUT2D eigenvalue weighted by atomic mass is 32.1. The van der Waals surface area contributed by atoms with Gasteiger partial charge in [-0.15, -0.1) is 11.3 Å². The number of thiophene rings is 1. The number of aryl methyl sites for hydroxylation is 1. The maximum absolute atomic E-state index is 6.18. The number of rotatable bonds is 0. The Balaban J connectivity index is 2.42. The van der Waals surface area contributed by atoms with Gasteiger partial charge in [-0.3, -0.25) is 0 Å². The van der Waals surface area contributed by atoms with Gasteiger partial charge in [0.05, 0.1) is 0 Å². The lowest BCUT2D eigenvalue weighted by molar-refractivity contribution is 0.253. The van der Waals surface area contributed by atoms with Crippen LogP contribution in [0, 0.1) is 5.41 Å². The van der Waals surface area contributed by atoms with Crippen molar-refractivity contribution in [2.45, 2.75) is 32.7 Å². The lowest BCUT2D eigenvalue weighted by Crippen LogP contribution is -2.32. The molecule has 1 nitrogen and oxygen atoms in total. The van der Waals surface area contributed by atoms with Crippen LogP contribution >= 0.6 is 11.3 Å². The van der Waals surface area contributed by atoms with Crippen LogP contribution in [0.3, 0.4) is 0 Å². The summed E-state index contributed by atoms with van der Waals surface area (Å²) in [5.74, 6) is 0. The van der Waals surface area contributed by atoms with E-state index >= 15 is 0 Å². The quantitative estimate of drug-likeness (QED) is 0.654. The second kappa shape index (κ2) is 2.57. The Labute approximate surface area is 77.6 Å². The summed E-state index contributed by atoms with van der Waals surface area (Å²) >= 11 is 1.81. The second-order valence-electron chi connectivity index (χ2n) is 4.28. The highest BCUT2D eigenvalue weighted by Gasteiger charge is 2.33. The van der Waals surface area contributed by atoms with E-state index in [1.165, 1.54) is 23.3 Å². The average Bonchev–Trinajstić information content (AvgIpc) is 2.45. The minimum Gasteiger partial charge on any atom is -0.323 e. The van der Waals surface area contributed by atoms with Crippen LogP contribution in [0.2, 0.25) is 0 Å². The van der Waals surface area contributed by atoms with Crippen molar-refractivity contribution in [3.8, 4) is 0 Å². The molecule has 0 spiro atoms. The SMILES string of the molecule is CC1(C)CCc2ccsc2C1N. The van der Waals surface area contributed by atoms with E-state index in [0.717, 1.165) is 0 Å². The molecule has 1 aliphatic rings. The number of fused-ring (bicyclic) bond motifs is 1. The molecule has 0 aromatic carbocycles. The van der Waals surface area contributed by atoms with E-state index < -0.39 is 0 Å². The largest absolute Gasteiger partial charge is 0.323 e. The van der Waals surface area contributed by atoms with Gasteiger partial charge in [-0.2, -0.15) is 0 Å². The Hall–Kier alpha value is -0.340. The van der Waals surface area contributed by atoms with Gasteiger partial charge in [0, 0.05) is 10.9 Å². The van der Waals surface area contributed by atoms with Crippen LogP contribution in [-0.4, -0.2) is 0 Å². The molecule has 1 heterocycles. The number of hydrogen-bond donors (Lipinski definition) is 1. The minimum absolute atomic E-state index is 0.251. The van der Waals surface area contributed by atoms with Gasteiger partial charge in [0.1, 0.15) is 0 Å². The molecule has 2 N–H and O–H groups in total. The highest BCUT2D eigenvalue weighted by Crippen LogP contribution is 2.43. The van der Waals surface area contributed by atoms with Crippen molar-refractivity contribution in [1.82, 2.24) is 0 Å². The maximum atomic E-state index is 6.18. The van der Waals surface area contributed by atoms with Gasteiger partial charge in [0.25, 0.3) is 0 Å². The van der Waals surface area contributed by atoms with Crippen LogP contribution in [0.1, 0.15) is 36.8 Å². The fourth-order valence-electron chi connectivity index (χ4n) is 1.79. The molecule has 2 heteroatoms. The third kappa shape index (κ3) is 1.10. The average molecular weight is 181 g/mol. The minimum atomic E-state index is 0.251. The Bertz CT molecular complexity index is 288. The van der Waals surface area contributed by atoms with E-state index in [1.54, 1.807) is 0 Å². The fraction of sp³-hybridized carbons (Fsp3) is 0.600. The predicted molar refractivity (Wildman–Crippen MR) is 53.3 cm³/mol. The van der Waals surface area contributed by atoms with Crippen LogP contribution in [-0.2, 0) is 6.42 Å².